The van der Waals surface area contributed by atoms with Gasteiger partial charge in [-0.2, -0.15) is 16.3 Å². The maximum atomic E-state index is 11.8. The van der Waals surface area contributed by atoms with Crippen molar-refractivity contribution >= 4 is 17.4 Å². The molecule has 2 amide bonds. The number of aliphatic hydroxyl groups is 1. The molecule has 0 aliphatic heterocycles. The maximum absolute atomic E-state index is 11.8. The van der Waals surface area contributed by atoms with E-state index in [4.69, 9.17) is 4.52 Å². The molecule has 0 aliphatic rings. The lowest BCUT2D eigenvalue weighted by Crippen LogP contribution is -2.40. The Morgan fingerprint density at radius 2 is 2.38 bits per heavy atom. The zero-order valence-electron chi connectivity index (χ0n) is 11.9. The van der Waals surface area contributed by atoms with E-state index in [2.05, 4.69) is 20.8 Å². The Bertz CT molecular complexity index is 570. The number of thiophene rings is 1. The van der Waals surface area contributed by atoms with E-state index in [0.717, 1.165) is 5.56 Å². The topological polar surface area (TPSA) is 100 Å². The van der Waals surface area contributed by atoms with Gasteiger partial charge in [0.15, 0.2) is 5.82 Å². The Morgan fingerprint density at radius 3 is 2.95 bits per heavy atom. The second kappa shape index (κ2) is 7.19. The predicted octanol–water partition coefficient (Wildman–Crippen LogP) is 1.92. The van der Waals surface area contributed by atoms with Crippen LogP contribution in [0.1, 0.15) is 42.8 Å². The molecule has 0 spiro atoms. The lowest BCUT2D eigenvalue weighted by molar-refractivity contribution is 0.172. The molecule has 2 unspecified atom stereocenters. The fourth-order valence-electron chi connectivity index (χ4n) is 1.79. The normalized spacial score (nSPS) is 13.7. The molecule has 2 rings (SSSR count). The highest BCUT2D eigenvalue weighted by atomic mass is 32.1. The summed E-state index contributed by atoms with van der Waals surface area (Å²) in [6.07, 6.45) is -0.0751. The number of nitrogens with one attached hydrogen (secondary N) is 2. The Kier molecular flexibility index (Phi) is 5.29. The standard InChI is InChI=1S/C13H18N4O3S/c1-3-10(12-15-8(2)20-17-12)16-13(19)14-6-11(18)9-4-5-21-7-9/h4-5,7,10-11,18H,3,6H2,1-2H3,(H2,14,16,19). The van der Waals surface area contributed by atoms with E-state index in [1.54, 1.807) is 6.92 Å². The highest BCUT2D eigenvalue weighted by Gasteiger charge is 2.18. The average Bonchev–Trinajstić information content (AvgIpc) is 3.13. The smallest absolute Gasteiger partial charge is 0.315 e. The number of nitrogens with zero attached hydrogens (tertiary/aromatic N) is 2. The number of carbonyl (C=O) groups is 1. The monoisotopic (exact) mass is 310 g/mol. The molecule has 2 atom stereocenters. The van der Waals surface area contributed by atoms with Gasteiger partial charge in [-0.3, -0.25) is 0 Å². The van der Waals surface area contributed by atoms with Gasteiger partial charge in [0, 0.05) is 13.5 Å². The minimum Gasteiger partial charge on any atom is -0.387 e. The second-order valence-electron chi connectivity index (χ2n) is 4.56. The molecule has 2 aromatic heterocycles. The quantitative estimate of drug-likeness (QED) is 0.757. The van der Waals surface area contributed by atoms with Crippen LogP contribution in [0.4, 0.5) is 4.79 Å². The zero-order valence-corrected chi connectivity index (χ0v) is 12.7. The molecule has 0 saturated carbocycles. The molecule has 114 valence electrons. The van der Waals surface area contributed by atoms with Crippen LogP contribution in [0.3, 0.4) is 0 Å². The van der Waals surface area contributed by atoms with Crippen molar-refractivity contribution < 1.29 is 14.4 Å². The van der Waals surface area contributed by atoms with Gasteiger partial charge in [-0.25, -0.2) is 4.79 Å². The first-order chi connectivity index (χ1) is 10.1. The average molecular weight is 310 g/mol. The fourth-order valence-corrected chi connectivity index (χ4v) is 2.49. The Labute approximate surface area is 126 Å². The van der Waals surface area contributed by atoms with Crippen molar-refractivity contribution in [1.82, 2.24) is 20.8 Å². The minimum absolute atomic E-state index is 0.143. The van der Waals surface area contributed by atoms with Crippen LogP contribution in [0, 0.1) is 6.92 Å². The molecule has 0 fully saturated rings. The molecule has 0 radical (unpaired) electrons. The first-order valence-electron chi connectivity index (χ1n) is 6.65. The van der Waals surface area contributed by atoms with Crippen molar-refractivity contribution in [2.24, 2.45) is 0 Å². The summed E-state index contributed by atoms with van der Waals surface area (Å²) in [4.78, 5) is 16.0. The summed E-state index contributed by atoms with van der Waals surface area (Å²) >= 11 is 1.50. The molecule has 0 aromatic carbocycles. The number of aliphatic hydroxyl groups excluding tert-OH is 1. The van der Waals surface area contributed by atoms with Gasteiger partial charge in [-0.1, -0.05) is 12.1 Å². The van der Waals surface area contributed by atoms with Crippen molar-refractivity contribution in [2.75, 3.05) is 6.54 Å². The van der Waals surface area contributed by atoms with E-state index in [1.165, 1.54) is 11.3 Å². The summed E-state index contributed by atoms with van der Waals surface area (Å²) < 4.78 is 4.90. The number of aryl methyl sites for hydroxylation is 1. The lowest BCUT2D eigenvalue weighted by atomic mass is 10.2. The van der Waals surface area contributed by atoms with Gasteiger partial charge < -0.3 is 20.3 Å². The molecule has 7 nitrogen and oxygen atoms in total. The Morgan fingerprint density at radius 1 is 1.57 bits per heavy atom. The third-order valence-electron chi connectivity index (χ3n) is 2.95. The zero-order chi connectivity index (χ0) is 15.2. The number of amides is 2. The number of rotatable bonds is 6. The van der Waals surface area contributed by atoms with Crippen LogP contribution in [-0.2, 0) is 0 Å². The molecule has 2 heterocycles. The largest absolute Gasteiger partial charge is 0.387 e. The van der Waals surface area contributed by atoms with Gasteiger partial charge in [-0.15, -0.1) is 0 Å². The molecular weight excluding hydrogens is 292 g/mol. The van der Waals surface area contributed by atoms with Gasteiger partial charge in [0.1, 0.15) is 0 Å². The maximum Gasteiger partial charge on any atom is 0.315 e. The first kappa shape index (κ1) is 15.5. The highest BCUT2D eigenvalue weighted by molar-refractivity contribution is 7.07. The van der Waals surface area contributed by atoms with Crippen LogP contribution >= 0.6 is 11.3 Å². The first-order valence-corrected chi connectivity index (χ1v) is 7.59. The van der Waals surface area contributed by atoms with Gasteiger partial charge in [-0.05, 0) is 28.8 Å². The molecule has 8 heteroatoms. The van der Waals surface area contributed by atoms with Gasteiger partial charge in [0.25, 0.3) is 0 Å². The third kappa shape index (κ3) is 4.27. The molecule has 3 N–H and O–H groups in total. The van der Waals surface area contributed by atoms with Crippen LogP contribution in [0.2, 0.25) is 0 Å². The van der Waals surface area contributed by atoms with Crippen molar-refractivity contribution in [3.63, 3.8) is 0 Å². The summed E-state index contributed by atoms with van der Waals surface area (Å²) in [5.74, 6) is 0.905. The van der Waals surface area contributed by atoms with Crippen molar-refractivity contribution in [1.29, 1.82) is 0 Å². The van der Waals surface area contributed by atoms with Crippen LogP contribution in [0.25, 0.3) is 0 Å². The SMILES string of the molecule is CCC(NC(=O)NCC(O)c1ccsc1)c1noc(C)n1. The third-order valence-corrected chi connectivity index (χ3v) is 3.65. The highest BCUT2D eigenvalue weighted by Crippen LogP contribution is 2.15. The van der Waals surface area contributed by atoms with E-state index < -0.39 is 6.10 Å². The van der Waals surface area contributed by atoms with Gasteiger partial charge >= 0.3 is 6.03 Å². The summed E-state index contributed by atoms with van der Waals surface area (Å²) in [7, 11) is 0. The van der Waals surface area contributed by atoms with E-state index in [9.17, 15) is 9.90 Å². The number of aromatic nitrogens is 2. The summed E-state index contributed by atoms with van der Waals surface area (Å²) in [6.45, 7) is 3.75. The van der Waals surface area contributed by atoms with E-state index in [1.807, 2.05) is 23.8 Å². The number of carbonyl (C=O) groups excluding carboxylic acids is 1. The molecule has 0 aliphatic carbocycles. The minimum atomic E-state index is -0.713. The van der Waals surface area contributed by atoms with Gasteiger partial charge in [0.2, 0.25) is 5.89 Å². The van der Waals surface area contributed by atoms with E-state index >= 15 is 0 Å². The van der Waals surface area contributed by atoms with Gasteiger partial charge in [0.05, 0.1) is 12.1 Å². The second-order valence-corrected chi connectivity index (χ2v) is 5.34. The molecule has 0 bridgehead atoms. The fraction of sp³-hybridized carbons (Fsp3) is 0.462. The summed E-state index contributed by atoms with van der Waals surface area (Å²) in [5, 5.41) is 22.8. The Balaban J connectivity index is 1.83. The van der Waals surface area contributed by atoms with E-state index in [-0.39, 0.29) is 18.6 Å². The summed E-state index contributed by atoms with van der Waals surface area (Å²) in [6, 6.07) is 1.13. The molecular formula is C13H18N4O3S. The molecule has 21 heavy (non-hydrogen) atoms. The van der Waals surface area contributed by atoms with Crippen LogP contribution in [0.5, 0.6) is 0 Å². The van der Waals surface area contributed by atoms with Crippen molar-refractivity contribution in [3.8, 4) is 0 Å². The summed E-state index contributed by atoms with van der Waals surface area (Å²) in [5.41, 5.74) is 0.793. The Hall–Kier alpha value is -1.93. The number of hydrogen-bond donors (Lipinski definition) is 3. The number of urea groups is 1. The van der Waals surface area contributed by atoms with E-state index in [0.29, 0.717) is 18.1 Å². The van der Waals surface area contributed by atoms with Crippen LogP contribution in [-0.4, -0.2) is 27.8 Å². The van der Waals surface area contributed by atoms with Crippen LogP contribution < -0.4 is 10.6 Å². The number of hydrogen-bond acceptors (Lipinski definition) is 6. The molecule has 2 aromatic rings. The lowest BCUT2D eigenvalue weighted by Gasteiger charge is -2.15. The molecule has 0 saturated heterocycles. The predicted molar refractivity (Wildman–Crippen MR) is 77.9 cm³/mol. The van der Waals surface area contributed by atoms with Crippen molar-refractivity contribution in [2.45, 2.75) is 32.4 Å². The van der Waals surface area contributed by atoms with Crippen molar-refractivity contribution in [3.05, 3.63) is 34.1 Å². The van der Waals surface area contributed by atoms with Crippen LogP contribution in [0.15, 0.2) is 21.3 Å².